The van der Waals surface area contributed by atoms with Crippen molar-refractivity contribution in [2.45, 2.75) is 26.1 Å². The molecular weight excluding hydrogens is 409 g/mol. The van der Waals surface area contributed by atoms with E-state index in [2.05, 4.69) is 20.7 Å². The number of pyridine rings is 1. The molecule has 160 valence electrons. The van der Waals surface area contributed by atoms with Crippen molar-refractivity contribution < 1.29 is 18.0 Å². The minimum absolute atomic E-state index is 0.0473. The molecule has 0 unspecified atom stereocenters. The first-order chi connectivity index (χ1) is 14.7. The molecule has 0 saturated heterocycles. The van der Waals surface area contributed by atoms with Gasteiger partial charge in [0.1, 0.15) is 17.2 Å². The SMILES string of the molecule is CC(C)n1nccc1C(=O)Nc1ccc(Nc2cccc3nc(C(F)(F)F)cn23)cc1. The molecule has 1 aromatic carbocycles. The molecule has 0 aliphatic rings. The van der Waals surface area contributed by atoms with Gasteiger partial charge in [-0.2, -0.15) is 18.3 Å². The Hall–Kier alpha value is -3.82. The number of amides is 1. The van der Waals surface area contributed by atoms with Crippen molar-refractivity contribution in [2.75, 3.05) is 10.6 Å². The van der Waals surface area contributed by atoms with E-state index in [1.807, 2.05) is 13.8 Å². The highest BCUT2D eigenvalue weighted by molar-refractivity contribution is 6.03. The lowest BCUT2D eigenvalue weighted by Gasteiger charge is -2.12. The standard InChI is InChI=1S/C21H19F3N6O/c1-13(2)30-16(10-11-25-30)20(31)27-15-8-6-14(7-9-15)26-18-4-3-5-19-28-17(12-29(18)19)21(22,23)24/h3-13,26H,1-2H3,(H,27,31). The van der Waals surface area contributed by atoms with Crippen LogP contribution in [0.25, 0.3) is 5.65 Å². The summed E-state index contributed by atoms with van der Waals surface area (Å²) in [5.41, 5.74) is 0.889. The molecule has 0 spiro atoms. The molecule has 3 aromatic heterocycles. The van der Waals surface area contributed by atoms with Crippen molar-refractivity contribution >= 4 is 28.7 Å². The molecule has 3 heterocycles. The molecule has 4 rings (SSSR count). The number of aromatic nitrogens is 4. The Labute approximate surface area is 175 Å². The van der Waals surface area contributed by atoms with Crippen LogP contribution >= 0.6 is 0 Å². The highest BCUT2D eigenvalue weighted by Gasteiger charge is 2.34. The summed E-state index contributed by atoms with van der Waals surface area (Å²) in [5.74, 6) is 0.146. The number of hydrogen-bond donors (Lipinski definition) is 2. The number of benzene rings is 1. The number of nitrogens with zero attached hydrogens (tertiary/aromatic N) is 4. The van der Waals surface area contributed by atoms with Gasteiger partial charge in [0.2, 0.25) is 0 Å². The molecule has 0 saturated carbocycles. The van der Waals surface area contributed by atoms with Crippen LogP contribution in [0.1, 0.15) is 36.1 Å². The molecule has 4 aromatic rings. The van der Waals surface area contributed by atoms with E-state index in [0.29, 0.717) is 22.9 Å². The summed E-state index contributed by atoms with van der Waals surface area (Å²) in [6, 6.07) is 13.3. The fourth-order valence-electron chi connectivity index (χ4n) is 3.13. The fraction of sp³-hybridized carbons (Fsp3) is 0.190. The highest BCUT2D eigenvalue weighted by Crippen LogP contribution is 2.30. The lowest BCUT2D eigenvalue weighted by molar-refractivity contribution is -0.140. The molecule has 31 heavy (non-hydrogen) atoms. The zero-order valence-electron chi connectivity index (χ0n) is 16.7. The van der Waals surface area contributed by atoms with E-state index in [0.717, 1.165) is 6.20 Å². The Morgan fingerprint density at radius 1 is 1.03 bits per heavy atom. The second kappa shape index (κ2) is 7.78. The zero-order valence-corrected chi connectivity index (χ0v) is 16.7. The number of carbonyl (C=O) groups is 1. The van der Waals surface area contributed by atoms with E-state index < -0.39 is 11.9 Å². The predicted molar refractivity (Wildman–Crippen MR) is 110 cm³/mol. The van der Waals surface area contributed by atoms with E-state index in [9.17, 15) is 18.0 Å². The second-order valence-electron chi connectivity index (χ2n) is 7.17. The average molecular weight is 428 g/mol. The summed E-state index contributed by atoms with van der Waals surface area (Å²) in [6.45, 7) is 3.87. The third kappa shape index (κ3) is 4.23. The molecule has 0 radical (unpaired) electrons. The van der Waals surface area contributed by atoms with Crippen LogP contribution in [0.5, 0.6) is 0 Å². The topological polar surface area (TPSA) is 76.2 Å². The normalized spacial score (nSPS) is 11.8. The first kappa shape index (κ1) is 20.5. The zero-order chi connectivity index (χ0) is 22.2. The third-order valence-electron chi connectivity index (χ3n) is 4.59. The summed E-state index contributed by atoms with van der Waals surface area (Å²) in [4.78, 5) is 16.1. The number of nitrogens with one attached hydrogen (secondary N) is 2. The second-order valence-corrected chi connectivity index (χ2v) is 7.17. The van der Waals surface area contributed by atoms with Gasteiger partial charge in [-0.1, -0.05) is 6.07 Å². The maximum Gasteiger partial charge on any atom is 0.434 e. The van der Waals surface area contributed by atoms with Gasteiger partial charge in [0.05, 0.1) is 0 Å². The van der Waals surface area contributed by atoms with Crippen molar-refractivity contribution in [1.82, 2.24) is 19.2 Å². The summed E-state index contributed by atoms with van der Waals surface area (Å²) in [5, 5.41) is 10.0. The highest BCUT2D eigenvalue weighted by atomic mass is 19.4. The maximum absolute atomic E-state index is 13.0. The first-order valence-electron chi connectivity index (χ1n) is 9.49. The van der Waals surface area contributed by atoms with Crippen LogP contribution in [-0.2, 0) is 6.18 Å². The lowest BCUT2D eigenvalue weighted by atomic mass is 10.2. The van der Waals surface area contributed by atoms with Crippen molar-refractivity contribution in [3.63, 3.8) is 0 Å². The number of rotatable bonds is 5. The van der Waals surface area contributed by atoms with Crippen LogP contribution in [0.3, 0.4) is 0 Å². The Balaban J connectivity index is 1.51. The van der Waals surface area contributed by atoms with Crippen molar-refractivity contribution in [3.8, 4) is 0 Å². The molecular formula is C21H19F3N6O. The van der Waals surface area contributed by atoms with Crippen LogP contribution in [0.2, 0.25) is 0 Å². The van der Waals surface area contributed by atoms with Gasteiger partial charge in [-0.05, 0) is 56.3 Å². The van der Waals surface area contributed by atoms with Gasteiger partial charge in [0.25, 0.3) is 5.91 Å². The quantitative estimate of drug-likeness (QED) is 0.462. The molecule has 10 heteroatoms. The maximum atomic E-state index is 13.0. The Kier molecular flexibility index (Phi) is 5.14. The third-order valence-corrected chi connectivity index (χ3v) is 4.59. The van der Waals surface area contributed by atoms with E-state index in [4.69, 9.17) is 0 Å². The molecule has 0 aliphatic heterocycles. The van der Waals surface area contributed by atoms with Gasteiger partial charge in [0.15, 0.2) is 5.69 Å². The monoisotopic (exact) mass is 428 g/mol. The van der Waals surface area contributed by atoms with Gasteiger partial charge in [-0.15, -0.1) is 0 Å². The summed E-state index contributed by atoms with van der Waals surface area (Å²) in [6.07, 6.45) is -2.00. The fourth-order valence-corrected chi connectivity index (χ4v) is 3.13. The van der Waals surface area contributed by atoms with Crippen LogP contribution in [0.4, 0.5) is 30.4 Å². The van der Waals surface area contributed by atoms with Crippen LogP contribution < -0.4 is 10.6 Å². The number of alkyl halides is 3. The van der Waals surface area contributed by atoms with E-state index >= 15 is 0 Å². The minimum Gasteiger partial charge on any atom is -0.341 e. The van der Waals surface area contributed by atoms with Gasteiger partial charge >= 0.3 is 6.18 Å². The van der Waals surface area contributed by atoms with Crippen LogP contribution in [0.15, 0.2) is 60.9 Å². The van der Waals surface area contributed by atoms with E-state index in [1.54, 1.807) is 53.3 Å². The first-order valence-corrected chi connectivity index (χ1v) is 9.49. The summed E-state index contributed by atoms with van der Waals surface area (Å²) < 4.78 is 41.9. The largest absolute Gasteiger partial charge is 0.434 e. The van der Waals surface area contributed by atoms with Gasteiger partial charge in [0, 0.05) is 29.8 Å². The van der Waals surface area contributed by atoms with Gasteiger partial charge in [-0.25, -0.2) is 4.98 Å². The molecule has 0 aliphatic carbocycles. The number of anilines is 3. The number of halogens is 3. The minimum atomic E-state index is -4.52. The van der Waals surface area contributed by atoms with E-state index in [1.165, 1.54) is 10.5 Å². The Morgan fingerprint density at radius 2 is 1.74 bits per heavy atom. The van der Waals surface area contributed by atoms with Crippen molar-refractivity contribution in [2.24, 2.45) is 0 Å². The molecule has 0 atom stereocenters. The molecule has 1 amide bonds. The lowest BCUT2D eigenvalue weighted by Crippen LogP contribution is -2.18. The van der Waals surface area contributed by atoms with Gasteiger partial charge < -0.3 is 10.6 Å². The number of hydrogen-bond acceptors (Lipinski definition) is 4. The van der Waals surface area contributed by atoms with Crippen LogP contribution in [-0.4, -0.2) is 25.1 Å². The Bertz CT molecular complexity index is 1220. The van der Waals surface area contributed by atoms with Crippen molar-refractivity contribution in [3.05, 3.63) is 72.3 Å². The molecule has 2 N–H and O–H groups in total. The number of imidazole rings is 1. The van der Waals surface area contributed by atoms with E-state index in [-0.39, 0.29) is 17.6 Å². The summed E-state index contributed by atoms with van der Waals surface area (Å²) >= 11 is 0. The number of fused-ring (bicyclic) bond motifs is 1. The molecule has 0 bridgehead atoms. The predicted octanol–water partition coefficient (Wildman–Crippen LogP) is 5.13. The van der Waals surface area contributed by atoms with Gasteiger partial charge in [-0.3, -0.25) is 13.9 Å². The average Bonchev–Trinajstić information content (AvgIpc) is 3.37. The molecule has 7 nitrogen and oxygen atoms in total. The Morgan fingerprint density at radius 3 is 2.42 bits per heavy atom. The number of carbonyl (C=O) groups excluding carboxylic acids is 1. The molecule has 0 fully saturated rings. The van der Waals surface area contributed by atoms with Crippen LogP contribution in [0, 0.1) is 0 Å². The smallest absolute Gasteiger partial charge is 0.341 e. The summed E-state index contributed by atoms with van der Waals surface area (Å²) in [7, 11) is 0. The van der Waals surface area contributed by atoms with Crippen molar-refractivity contribution in [1.29, 1.82) is 0 Å².